The molecule has 2 atom stereocenters. The van der Waals surface area contributed by atoms with Crippen LogP contribution in [-0.4, -0.2) is 41.0 Å². The van der Waals surface area contributed by atoms with E-state index in [9.17, 15) is 14.7 Å². The molecule has 2 rings (SSSR count). The first-order valence-corrected chi connectivity index (χ1v) is 7.87. The third kappa shape index (κ3) is 4.45. The molecule has 1 aliphatic heterocycles. The van der Waals surface area contributed by atoms with E-state index in [0.29, 0.717) is 18.0 Å². The summed E-state index contributed by atoms with van der Waals surface area (Å²) in [4.78, 5) is 25.1. The smallest absolute Gasteiger partial charge is 0.320 e. The molecule has 1 aromatic rings. The summed E-state index contributed by atoms with van der Waals surface area (Å²) in [6, 6.07) is 6.61. The molecule has 0 spiro atoms. The topological polar surface area (TPSA) is 69.6 Å². The second kappa shape index (κ2) is 7.61. The Hall–Kier alpha value is -1.59. The number of amides is 1. The highest BCUT2D eigenvalue weighted by Gasteiger charge is 2.29. The predicted octanol–water partition coefficient (Wildman–Crippen LogP) is 2.46. The summed E-state index contributed by atoms with van der Waals surface area (Å²) in [7, 11) is 0. The van der Waals surface area contributed by atoms with E-state index in [1.54, 1.807) is 17.0 Å². The third-order valence-corrected chi connectivity index (χ3v) is 4.24. The lowest BCUT2D eigenvalue weighted by Crippen LogP contribution is -2.49. The van der Waals surface area contributed by atoms with Crippen LogP contribution in [0.1, 0.15) is 37.8 Å². The van der Waals surface area contributed by atoms with Crippen molar-refractivity contribution in [1.82, 2.24) is 10.2 Å². The molecule has 0 aromatic heterocycles. The van der Waals surface area contributed by atoms with Crippen LogP contribution in [-0.2, 0) is 9.59 Å². The Morgan fingerprint density at radius 2 is 2.05 bits per heavy atom. The highest BCUT2D eigenvalue weighted by molar-refractivity contribution is 6.30. The van der Waals surface area contributed by atoms with E-state index in [1.807, 2.05) is 19.1 Å². The van der Waals surface area contributed by atoms with Crippen molar-refractivity contribution < 1.29 is 14.7 Å². The van der Waals surface area contributed by atoms with Crippen molar-refractivity contribution in [3.05, 3.63) is 34.9 Å². The van der Waals surface area contributed by atoms with Crippen LogP contribution in [0, 0.1) is 0 Å². The van der Waals surface area contributed by atoms with Gasteiger partial charge in [0.05, 0.1) is 12.6 Å². The number of carbonyl (C=O) groups is 2. The van der Waals surface area contributed by atoms with E-state index in [4.69, 9.17) is 11.6 Å². The van der Waals surface area contributed by atoms with Gasteiger partial charge in [-0.1, -0.05) is 30.2 Å². The molecule has 6 heteroatoms. The number of rotatable bonds is 5. The number of aliphatic carboxylic acids is 1. The first-order chi connectivity index (χ1) is 10.5. The van der Waals surface area contributed by atoms with Gasteiger partial charge in [-0.05, 0) is 44.0 Å². The molecule has 1 fully saturated rings. The van der Waals surface area contributed by atoms with Gasteiger partial charge in [0.2, 0.25) is 5.91 Å². The Kier molecular flexibility index (Phi) is 5.80. The van der Waals surface area contributed by atoms with Crippen LogP contribution in [0.5, 0.6) is 0 Å². The van der Waals surface area contributed by atoms with Gasteiger partial charge >= 0.3 is 5.97 Å². The van der Waals surface area contributed by atoms with Crippen LogP contribution in [0.15, 0.2) is 24.3 Å². The van der Waals surface area contributed by atoms with Crippen molar-refractivity contribution in [3.8, 4) is 0 Å². The minimum absolute atomic E-state index is 0.120. The van der Waals surface area contributed by atoms with Gasteiger partial charge in [0.15, 0.2) is 0 Å². The molecular weight excluding hydrogens is 304 g/mol. The normalized spacial score (nSPS) is 20.4. The van der Waals surface area contributed by atoms with Gasteiger partial charge in [0.1, 0.15) is 6.04 Å². The van der Waals surface area contributed by atoms with Crippen molar-refractivity contribution in [2.75, 3.05) is 13.1 Å². The number of hydrogen-bond donors (Lipinski definition) is 2. The van der Waals surface area contributed by atoms with Gasteiger partial charge < -0.3 is 10.4 Å². The number of halogens is 1. The number of piperidine rings is 1. The fourth-order valence-corrected chi connectivity index (χ4v) is 2.89. The molecule has 1 aliphatic rings. The molecule has 1 amide bonds. The number of nitrogens with zero attached hydrogens (tertiary/aromatic N) is 1. The Labute approximate surface area is 135 Å². The average Bonchev–Trinajstić information content (AvgIpc) is 2.48. The van der Waals surface area contributed by atoms with E-state index < -0.39 is 12.0 Å². The minimum atomic E-state index is -0.849. The summed E-state index contributed by atoms with van der Waals surface area (Å²) in [6.07, 6.45) is 2.44. The summed E-state index contributed by atoms with van der Waals surface area (Å²) in [5.74, 6) is -1.01. The van der Waals surface area contributed by atoms with E-state index >= 15 is 0 Å². The van der Waals surface area contributed by atoms with E-state index in [-0.39, 0.29) is 18.5 Å². The molecule has 1 aromatic carbocycles. The molecule has 1 heterocycles. The average molecular weight is 325 g/mol. The molecule has 0 bridgehead atoms. The molecular formula is C16H21ClN2O3. The summed E-state index contributed by atoms with van der Waals surface area (Å²) in [5.41, 5.74) is 0.964. The molecule has 0 saturated carbocycles. The zero-order valence-electron chi connectivity index (χ0n) is 12.6. The summed E-state index contributed by atoms with van der Waals surface area (Å²) in [6.45, 7) is 2.67. The van der Waals surface area contributed by atoms with Crippen LogP contribution in [0.3, 0.4) is 0 Å². The molecule has 2 N–H and O–H groups in total. The second-order valence-corrected chi connectivity index (χ2v) is 6.10. The highest BCUT2D eigenvalue weighted by atomic mass is 35.5. The molecule has 1 saturated heterocycles. The first-order valence-electron chi connectivity index (χ1n) is 7.49. The number of carbonyl (C=O) groups excluding carboxylic acids is 1. The highest BCUT2D eigenvalue weighted by Crippen LogP contribution is 2.18. The van der Waals surface area contributed by atoms with Crippen LogP contribution >= 0.6 is 11.6 Å². The number of carboxylic acid groups (broad SMARTS) is 1. The number of benzene rings is 1. The summed E-state index contributed by atoms with van der Waals surface area (Å²) < 4.78 is 0. The minimum Gasteiger partial charge on any atom is -0.480 e. The van der Waals surface area contributed by atoms with Crippen molar-refractivity contribution in [2.45, 2.75) is 38.3 Å². The first kappa shape index (κ1) is 16.8. The van der Waals surface area contributed by atoms with Crippen molar-refractivity contribution in [1.29, 1.82) is 0 Å². The zero-order valence-corrected chi connectivity index (χ0v) is 13.3. The van der Waals surface area contributed by atoms with Crippen LogP contribution in [0.2, 0.25) is 5.02 Å². The Morgan fingerprint density at radius 1 is 1.36 bits per heavy atom. The lowest BCUT2D eigenvalue weighted by Gasteiger charge is -2.32. The van der Waals surface area contributed by atoms with Gasteiger partial charge in [-0.3, -0.25) is 14.5 Å². The maximum Gasteiger partial charge on any atom is 0.320 e. The van der Waals surface area contributed by atoms with Crippen molar-refractivity contribution in [2.24, 2.45) is 0 Å². The third-order valence-electron chi connectivity index (χ3n) is 3.99. The lowest BCUT2D eigenvalue weighted by molar-refractivity contribution is -0.145. The summed E-state index contributed by atoms with van der Waals surface area (Å²) in [5, 5.41) is 12.8. The van der Waals surface area contributed by atoms with E-state index in [0.717, 1.165) is 18.4 Å². The van der Waals surface area contributed by atoms with Gasteiger partial charge in [-0.15, -0.1) is 0 Å². The molecule has 22 heavy (non-hydrogen) atoms. The zero-order chi connectivity index (χ0) is 16.1. The SMILES string of the molecule is C[C@H](NC(=O)CN1CCCC[C@H]1C(=O)O)c1ccc(Cl)cc1. The molecule has 0 aliphatic carbocycles. The quantitative estimate of drug-likeness (QED) is 0.873. The summed E-state index contributed by atoms with van der Waals surface area (Å²) >= 11 is 5.85. The fraction of sp³-hybridized carbons (Fsp3) is 0.500. The number of likely N-dealkylation sites (tertiary alicyclic amines) is 1. The monoisotopic (exact) mass is 324 g/mol. The van der Waals surface area contributed by atoms with Gasteiger partial charge in [0, 0.05) is 5.02 Å². The van der Waals surface area contributed by atoms with Gasteiger partial charge in [-0.2, -0.15) is 0 Å². The maximum atomic E-state index is 12.2. The fourth-order valence-electron chi connectivity index (χ4n) is 2.77. The number of nitrogens with one attached hydrogen (secondary N) is 1. The van der Waals surface area contributed by atoms with Gasteiger partial charge in [-0.25, -0.2) is 0 Å². The van der Waals surface area contributed by atoms with Crippen molar-refractivity contribution in [3.63, 3.8) is 0 Å². The molecule has 5 nitrogen and oxygen atoms in total. The van der Waals surface area contributed by atoms with E-state index in [2.05, 4.69) is 5.32 Å². The standard InChI is InChI=1S/C16H21ClN2O3/c1-11(12-5-7-13(17)8-6-12)18-15(20)10-19-9-3-2-4-14(19)16(21)22/h5-8,11,14H,2-4,9-10H2,1H3,(H,18,20)(H,21,22)/t11-,14-/m0/s1. The largest absolute Gasteiger partial charge is 0.480 e. The molecule has 0 radical (unpaired) electrons. The second-order valence-electron chi connectivity index (χ2n) is 5.66. The van der Waals surface area contributed by atoms with Crippen LogP contribution in [0.4, 0.5) is 0 Å². The number of hydrogen-bond acceptors (Lipinski definition) is 3. The van der Waals surface area contributed by atoms with Crippen molar-refractivity contribution >= 4 is 23.5 Å². The maximum absolute atomic E-state index is 12.2. The predicted molar refractivity (Wildman–Crippen MR) is 84.9 cm³/mol. The molecule has 120 valence electrons. The van der Waals surface area contributed by atoms with E-state index in [1.165, 1.54) is 0 Å². The number of carboxylic acids is 1. The van der Waals surface area contributed by atoms with Crippen LogP contribution in [0.25, 0.3) is 0 Å². The Balaban J connectivity index is 1.91. The Bertz CT molecular complexity index is 533. The molecule has 0 unspecified atom stereocenters. The lowest BCUT2D eigenvalue weighted by atomic mass is 10.0. The Morgan fingerprint density at radius 3 is 2.68 bits per heavy atom. The van der Waals surface area contributed by atoms with Gasteiger partial charge in [0.25, 0.3) is 0 Å². The van der Waals surface area contributed by atoms with Crippen LogP contribution < -0.4 is 5.32 Å².